The first kappa shape index (κ1) is 9.50. The molecule has 14 heavy (non-hydrogen) atoms. The maximum absolute atomic E-state index is 6.07. The Morgan fingerprint density at radius 3 is 2.57 bits per heavy atom. The summed E-state index contributed by atoms with van der Waals surface area (Å²) in [6.45, 7) is 0. The van der Waals surface area contributed by atoms with Gasteiger partial charge in [0.25, 0.3) is 0 Å². The fraction of sp³-hybridized carbons (Fsp3) is 0. The van der Waals surface area contributed by atoms with E-state index >= 15 is 0 Å². The SMILES string of the molecule is Clc1cccc(-c2cccnc2)c1Cl. The monoisotopic (exact) mass is 223 g/mol. The maximum atomic E-state index is 6.07. The van der Waals surface area contributed by atoms with Crippen molar-refractivity contribution in [3.63, 3.8) is 0 Å². The van der Waals surface area contributed by atoms with E-state index < -0.39 is 0 Å². The molecule has 0 bridgehead atoms. The first-order chi connectivity index (χ1) is 6.79. The Morgan fingerprint density at radius 1 is 1.00 bits per heavy atom. The van der Waals surface area contributed by atoms with E-state index in [2.05, 4.69) is 4.98 Å². The summed E-state index contributed by atoms with van der Waals surface area (Å²) >= 11 is 12.0. The molecule has 0 atom stereocenters. The van der Waals surface area contributed by atoms with E-state index in [-0.39, 0.29) is 0 Å². The van der Waals surface area contributed by atoms with Crippen LogP contribution in [0, 0.1) is 0 Å². The zero-order chi connectivity index (χ0) is 9.97. The molecule has 1 aromatic carbocycles. The Balaban J connectivity index is 2.58. The van der Waals surface area contributed by atoms with E-state index in [0.717, 1.165) is 11.1 Å². The molecule has 0 saturated heterocycles. The Hall–Kier alpha value is -1.05. The molecule has 2 rings (SSSR count). The van der Waals surface area contributed by atoms with Crippen LogP contribution in [0.5, 0.6) is 0 Å². The summed E-state index contributed by atoms with van der Waals surface area (Å²) in [5, 5.41) is 1.13. The minimum absolute atomic E-state index is 0.563. The number of nitrogens with zero attached hydrogens (tertiary/aromatic N) is 1. The topological polar surface area (TPSA) is 12.9 Å². The van der Waals surface area contributed by atoms with Crippen molar-refractivity contribution in [2.75, 3.05) is 0 Å². The highest BCUT2D eigenvalue weighted by atomic mass is 35.5. The Kier molecular flexibility index (Phi) is 2.71. The lowest BCUT2D eigenvalue weighted by atomic mass is 10.1. The predicted molar refractivity (Wildman–Crippen MR) is 59.7 cm³/mol. The molecule has 0 amide bonds. The largest absolute Gasteiger partial charge is 0.264 e. The molecule has 0 aliphatic carbocycles. The van der Waals surface area contributed by atoms with Gasteiger partial charge in [-0.3, -0.25) is 4.98 Å². The predicted octanol–water partition coefficient (Wildman–Crippen LogP) is 4.06. The zero-order valence-electron chi connectivity index (χ0n) is 7.24. The number of benzene rings is 1. The van der Waals surface area contributed by atoms with Crippen molar-refractivity contribution in [2.24, 2.45) is 0 Å². The molecule has 3 heteroatoms. The summed E-state index contributed by atoms with van der Waals surface area (Å²) in [7, 11) is 0. The third-order valence-electron chi connectivity index (χ3n) is 1.92. The molecular formula is C11H7Cl2N. The molecule has 2 aromatic rings. The lowest BCUT2D eigenvalue weighted by molar-refractivity contribution is 1.33. The fourth-order valence-electron chi connectivity index (χ4n) is 1.25. The van der Waals surface area contributed by atoms with Crippen molar-refractivity contribution in [1.82, 2.24) is 4.98 Å². The third-order valence-corrected chi connectivity index (χ3v) is 2.74. The summed E-state index contributed by atoms with van der Waals surface area (Å²) in [5.74, 6) is 0. The first-order valence-corrected chi connectivity index (χ1v) is 4.89. The lowest BCUT2D eigenvalue weighted by Gasteiger charge is -2.04. The van der Waals surface area contributed by atoms with E-state index in [1.807, 2.05) is 24.3 Å². The van der Waals surface area contributed by atoms with Gasteiger partial charge in [0.15, 0.2) is 0 Å². The summed E-state index contributed by atoms with van der Waals surface area (Å²) in [6.07, 6.45) is 3.49. The van der Waals surface area contributed by atoms with Crippen LogP contribution >= 0.6 is 23.2 Å². The van der Waals surface area contributed by atoms with Gasteiger partial charge in [-0.1, -0.05) is 41.4 Å². The minimum atomic E-state index is 0.563. The van der Waals surface area contributed by atoms with E-state index in [4.69, 9.17) is 23.2 Å². The van der Waals surface area contributed by atoms with Gasteiger partial charge in [0, 0.05) is 23.5 Å². The van der Waals surface area contributed by atoms with Crippen LogP contribution in [-0.2, 0) is 0 Å². The first-order valence-electron chi connectivity index (χ1n) is 4.13. The van der Waals surface area contributed by atoms with Crippen molar-refractivity contribution in [2.45, 2.75) is 0 Å². The second-order valence-electron chi connectivity index (χ2n) is 2.84. The summed E-state index contributed by atoms with van der Waals surface area (Å²) in [6, 6.07) is 9.38. The summed E-state index contributed by atoms with van der Waals surface area (Å²) in [5.41, 5.74) is 1.88. The molecule has 1 nitrogen and oxygen atoms in total. The van der Waals surface area contributed by atoms with E-state index in [1.54, 1.807) is 18.5 Å². The number of hydrogen-bond donors (Lipinski definition) is 0. The highest BCUT2D eigenvalue weighted by Crippen LogP contribution is 2.32. The highest BCUT2D eigenvalue weighted by Gasteiger charge is 2.05. The Morgan fingerprint density at radius 2 is 1.86 bits per heavy atom. The van der Waals surface area contributed by atoms with E-state index in [1.165, 1.54) is 0 Å². The summed E-state index contributed by atoms with van der Waals surface area (Å²) in [4.78, 5) is 4.03. The van der Waals surface area contributed by atoms with E-state index in [9.17, 15) is 0 Å². The normalized spacial score (nSPS) is 10.1. The number of aromatic nitrogens is 1. The van der Waals surface area contributed by atoms with Gasteiger partial charge in [0.1, 0.15) is 0 Å². The van der Waals surface area contributed by atoms with Crippen molar-refractivity contribution < 1.29 is 0 Å². The van der Waals surface area contributed by atoms with Gasteiger partial charge in [-0.05, 0) is 12.1 Å². The van der Waals surface area contributed by atoms with Crippen LogP contribution in [0.1, 0.15) is 0 Å². The van der Waals surface area contributed by atoms with Crippen molar-refractivity contribution in [3.05, 3.63) is 52.8 Å². The number of rotatable bonds is 1. The molecule has 0 aliphatic rings. The lowest BCUT2D eigenvalue weighted by Crippen LogP contribution is -1.81. The second-order valence-corrected chi connectivity index (χ2v) is 3.63. The van der Waals surface area contributed by atoms with Crippen LogP contribution < -0.4 is 0 Å². The third kappa shape index (κ3) is 1.74. The molecule has 0 radical (unpaired) electrons. The minimum Gasteiger partial charge on any atom is -0.264 e. The fourth-order valence-corrected chi connectivity index (χ4v) is 1.66. The van der Waals surface area contributed by atoms with Crippen LogP contribution in [0.4, 0.5) is 0 Å². The van der Waals surface area contributed by atoms with Gasteiger partial charge in [0.2, 0.25) is 0 Å². The number of pyridine rings is 1. The molecule has 1 aromatic heterocycles. The molecule has 0 aliphatic heterocycles. The van der Waals surface area contributed by atoms with Gasteiger partial charge < -0.3 is 0 Å². The molecule has 1 heterocycles. The maximum Gasteiger partial charge on any atom is 0.0671 e. The van der Waals surface area contributed by atoms with E-state index in [0.29, 0.717) is 10.0 Å². The van der Waals surface area contributed by atoms with Gasteiger partial charge in [-0.25, -0.2) is 0 Å². The zero-order valence-corrected chi connectivity index (χ0v) is 8.76. The number of hydrogen-bond acceptors (Lipinski definition) is 1. The number of halogens is 2. The molecular weight excluding hydrogens is 217 g/mol. The molecule has 0 unspecified atom stereocenters. The average molecular weight is 224 g/mol. The van der Waals surface area contributed by atoms with Crippen LogP contribution in [0.3, 0.4) is 0 Å². The molecule has 0 spiro atoms. The van der Waals surface area contributed by atoms with Crippen molar-refractivity contribution >= 4 is 23.2 Å². The van der Waals surface area contributed by atoms with Crippen molar-refractivity contribution in [3.8, 4) is 11.1 Å². The summed E-state index contributed by atoms with van der Waals surface area (Å²) < 4.78 is 0. The van der Waals surface area contributed by atoms with Gasteiger partial charge in [-0.2, -0.15) is 0 Å². The quantitative estimate of drug-likeness (QED) is 0.711. The van der Waals surface area contributed by atoms with Gasteiger partial charge in [-0.15, -0.1) is 0 Å². The van der Waals surface area contributed by atoms with Crippen molar-refractivity contribution in [1.29, 1.82) is 0 Å². The Labute approximate surface area is 92.3 Å². The molecule has 0 saturated carbocycles. The second kappa shape index (κ2) is 3.99. The molecule has 0 fully saturated rings. The smallest absolute Gasteiger partial charge is 0.0671 e. The van der Waals surface area contributed by atoms with Crippen LogP contribution in [0.2, 0.25) is 10.0 Å². The average Bonchev–Trinajstić information content (AvgIpc) is 2.23. The highest BCUT2D eigenvalue weighted by molar-refractivity contribution is 6.43. The Bertz CT molecular complexity index is 440. The van der Waals surface area contributed by atoms with Gasteiger partial charge >= 0.3 is 0 Å². The van der Waals surface area contributed by atoms with Crippen LogP contribution in [-0.4, -0.2) is 4.98 Å². The van der Waals surface area contributed by atoms with Crippen LogP contribution in [0.15, 0.2) is 42.7 Å². The van der Waals surface area contributed by atoms with Gasteiger partial charge in [0.05, 0.1) is 10.0 Å². The van der Waals surface area contributed by atoms with Crippen LogP contribution in [0.25, 0.3) is 11.1 Å². The molecule has 70 valence electrons. The standard InChI is InChI=1S/C11H7Cl2N/c12-10-5-1-4-9(11(10)13)8-3-2-6-14-7-8/h1-7H. The molecule has 0 N–H and O–H groups in total.